The Morgan fingerprint density at radius 3 is 2.60 bits per heavy atom. The Morgan fingerprint density at radius 1 is 1.15 bits per heavy atom. The minimum absolute atomic E-state index is 0.250. The summed E-state index contributed by atoms with van der Waals surface area (Å²) in [5, 5.41) is 6.45. The number of aromatic nitrogens is 2. The molecule has 0 fully saturated rings. The summed E-state index contributed by atoms with van der Waals surface area (Å²) >= 11 is 3.48. The summed E-state index contributed by atoms with van der Waals surface area (Å²) < 4.78 is 1.02. The van der Waals surface area contributed by atoms with E-state index in [-0.39, 0.29) is 5.95 Å². The van der Waals surface area contributed by atoms with E-state index in [0.717, 1.165) is 34.5 Å². The molecule has 0 radical (unpaired) electrons. The maximum Gasteiger partial charge on any atom is 0.223 e. The molecule has 0 aliphatic rings. The Hall–Kier alpha value is -1.82. The van der Waals surface area contributed by atoms with Crippen LogP contribution in [0.4, 0.5) is 23.3 Å². The number of hydrogen-bond acceptors (Lipinski definition) is 5. The molecule has 106 valence electrons. The van der Waals surface area contributed by atoms with Gasteiger partial charge in [0.15, 0.2) is 0 Å². The monoisotopic (exact) mass is 335 g/mol. The van der Waals surface area contributed by atoms with Crippen LogP contribution >= 0.6 is 15.9 Å². The lowest BCUT2D eigenvalue weighted by Crippen LogP contribution is -2.06. The lowest BCUT2D eigenvalue weighted by molar-refractivity contribution is 0.967. The summed E-state index contributed by atoms with van der Waals surface area (Å²) in [7, 11) is 0. The van der Waals surface area contributed by atoms with Crippen LogP contribution in [0.15, 0.2) is 28.7 Å². The highest BCUT2D eigenvalue weighted by atomic mass is 79.9. The molecule has 0 saturated heterocycles. The molecule has 20 heavy (non-hydrogen) atoms. The molecular formula is C14H18BrN5. The van der Waals surface area contributed by atoms with Crippen molar-refractivity contribution in [3.8, 4) is 0 Å². The Balaban J connectivity index is 2.21. The number of rotatable bonds is 5. The molecule has 0 aliphatic carbocycles. The van der Waals surface area contributed by atoms with Gasteiger partial charge >= 0.3 is 0 Å². The highest BCUT2D eigenvalue weighted by Crippen LogP contribution is 2.23. The van der Waals surface area contributed by atoms with Crippen molar-refractivity contribution < 1.29 is 0 Å². The molecule has 1 aromatic carbocycles. The molecule has 1 aromatic heterocycles. The van der Waals surface area contributed by atoms with Gasteiger partial charge in [0.1, 0.15) is 11.6 Å². The van der Waals surface area contributed by atoms with Crippen LogP contribution in [0.2, 0.25) is 0 Å². The number of anilines is 4. The summed E-state index contributed by atoms with van der Waals surface area (Å²) in [5.41, 5.74) is 7.85. The normalized spacial score (nSPS) is 10.3. The van der Waals surface area contributed by atoms with Crippen LogP contribution in [0.25, 0.3) is 0 Å². The zero-order valence-electron chi connectivity index (χ0n) is 11.6. The molecule has 0 aliphatic heterocycles. The van der Waals surface area contributed by atoms with Crippen molar-refractivity contribution in [2.24, 2.45) is 0 Å². The van der Waals surface area contributed by atoms with Crippen LogP contribution < -0.4 is 16.4 Å². The van der Waals surface area contributed by atoms with Crippen molar-refractivity contribution in [2.75, 3.05) is 22.9 Å². The number of nitrogens with one attached hydrogen (secondary N) is 2. The summed E-state index contributed by atoms with van der Waals surface area (Å²) in [5.74, 6) is 1.66. The van der Waals surface area contributed by atoms with E-state index in [0.29, 0.717) is 5.82 Å². The van der Waals surface area contributed by atoms with Gasteiger partial charge < -0.3 is 16.4 Å². The van der Waals surface area contributed by atoms with Crippen molar-refractivity contribution in [1.82, 2.24) is 9.97 Å². The Kier molecular flexibility index (Phi) is 4.79. The molecule has 0 amide bonds. The molecule has 0 unspecified atom stereocenters. The van der Waals surface area contributed by atoms with Crippen molar-refractivity contribution in [3.05, 3.63) is 34.3 Å². The SMILES string of the molecule is CCCNc1cc(Nc2cc(C)cc(Br)c2)nc(N)n1. The standard InChI is InChI=1S/C14H18BrN5/c1-3-4-17-12-8-13(20-14(16)19-12)18-11-6-9(2)5-10(15)7-11/h5-8H,3-4H2,1-2H3,(H4,16,17,18,19,20). The first-order chi connectivity index (χ1) is 9.56. The van der Waals surface area contributed by atoms with Gasteiger partial charge in [-0.05, 0) is 37.1 Å². The summed E-state index contributed by atoms with van der Waals surface area (Å²) in [4.78, 5) is 8.35. The fourth-order valence-corrected chi connectivity index (χ4v) is 2.44. The van der Waals surface area contributed by atoms with Crippen molar-refractivity contribution in [1.29, 1.82) is 0 Å². The Labute approximate surface area is 127 Å². The molecule has 2 aromatic rings. The van der Waals surface area contributed by atoms with E-state index < -0.39 is 0 Å². The van der Waals surface area contributed by atoms with E-state index in [1.165, 1.54) is 0 Å². The second-order valence-electron chi connectivity index (χ2n) is 4.57. The highest BCUT2D eigenvalue weighted by molar-refractivity contribution is 9.10. The topological polar surface area (TPSA) is 75.9 Å². The Bertz CT molecular complexity index is 580. The van der Waals surface area contributed by atoms with E-state index in [1.54, 1.807) is 0 Å². The van der Waals surface area contributed by atoms with Gasteiger partial charge in [0, 0.05) is 22.8 Å². The molecule has 0 spiro atoms. The predicted molar refractivity (Wildman–Crippen MR) is 87.4 cm³/mol. The van der Waals surface area contributed by atoms with Gasteiger partial charge in [-0.25, -0.2) is 0 Å². The third-order valence-corrected chi connectivity index (χ3v) is 3.07. The van der Waals surface area contributed by atoms with Crippen LogP contribution in [-0.4, -0.2) is 16.5 Å². The number of hydrogen-bond donors (Lipinski definition) is 3. The second kappa shape index (κ2) is 6.56. The molecular weight excluding hydrogens is 318 g/mol. The van der Waals surface area contributed by atoms with E-state index in [2.05, 4.69) is 43.5 Å². The average Bonchev–Trinajstić information content (AvgIpc) is 2.34. The first-order valence-corrected chi connectivity index (χ1v) is 7.29. The molecule has 0 bridgehead atoms. The average molecular weight is 336 g/mol. The van der Waals surface area contributed by atoms with Crippen molar-refractivity contribution >= 4 is 39.2 Å². The van der Waals surface area contributed by atoms with Gasteiger partial charge in [0.25, 0.3) is 0 Å². The first kappa shape index (κ1) is 14.6. The van der Waals surface area contributed by atoms with Crippen molar-refractivity contribution in [2.45, 2.75) is 20.3 Å². The largest absolute Gasteiger partial charge is 0.370 e. The minimum atomic E-state index is 0.250. The quantitative estimate of drug-likeness (QED) is 0.776. The highest BCUT2D eigenvalue weighted by Gasteiger charge is 2.03. The predicted octanol–water partition coefficient (Wildman–Crippen LogP) is 3.70. The van der Waals surface area contributed by atoms with Crippen LogP contribution in [-0.2, 0) is 0 Å². The minimum Gasteiger partial charge on any atom is -0.370 e. The van der Waals surface area contributed by atoms with Crippen LogP contribution in [0.5, 0.6) is 0 Å². The van der Waals surface area contributed by atoms with Crippen molar-refractivity contribution in [3.63, 3.8) is 0 Å². The van der Waals surface area contributed by atoms with Crippen LogP contribution in [0, 0.1) is 6.92 Å². The summed E-state index contributed by atoms with van der Waals surface area (Å²) in [6.45, 7) is 4.99. The van der Waals surface area contributed by atoms with Gasteiger partial charge in [-0.2, -0.15) is 9.97 Å². The molecule has 6 heteroatoms. The number of nitrogens with zero attached hydrogens (tertiary/aromatic N) is 2. The van der Waals surface area contributed by atoms with Gasteiger partial charge in [-0.3, -0.25) is 0 Å². The van der Waals surface area contributed by atoms with E-state index in [1.807, 2.05) is 31.2 Å². The lowest BCUT2D eigenvalue weighted by Gasteiger charge is -2.10. The summed E-state index contributed by atoms with van der Waals surface area (Å²) in [6, 6.07) is 7.93. The molecule has 0 saturated carbocycles. The second-order valence-corrected chi connectivity index (χ2v) is 5.48. The molecule has 0 atom stereocenters. The third-order valence-electron chi connectivity index (χ3n) is 2.61. The zero-order chi connectivity index (χ0) is 14.5. The van der Waals surface area contributed by atoms with E-state index in [4.69, 9.17) is 5.73 Å². The lowest BCUT2D eigenvalue weighted by atomic mass is 10.2. The number of aryl methyl sites for hydroxylation is 1. The Morgan fingerprint density at radius 2 is 1.90 bits per heavy atom. The van der Waals surface area contributed by atoms with Gasteiger partial charge in [0.05, 0.1) is 0 Å². The van der Waals surface area contributed by atoms with E-state index in [9.17, 15) is 0 Å². The van der Waals surface area contributed by atoms with Gasteiger partial charge in [-0.1, -0.05) is 22.9 Å². The van der Waals surface area contributed by atoms with Crippen LogP contribution in [0.1, 0.15) is 18.9 Å². The van der Waals surface area contributed by atoms with Gasteiger partial charge in [-0.15, -0.1) is 0 Å². The van der Waals surface area contributed by atoms with Gasteiger partial charge in [0.2, 0.25) is 5.95 Å². The smallest absolute Gasteiger partial charge is 0.223 e. The maximum absolute atomic E-state index is 5.73. The third kappa shape index (κ3) is 4.09. The first-order valence-electron chi connectivity index (χ1n) is 6.49. The number of benzene rings is 1. The molecule has 1 heterocycles. The number of nitrogen functional groups attached to an aromatic ring is 1. The summed E-state index contributed by atoms with van der Waals surface area (Å²) in [6.07, 6.45) is 1.03. The maximum atomic E-state index is 5.73. The molecule has 4 N–H and O–H groups in total. The van der Waals surface area contributed by atoms with Crippen LogP contribution in [0.3, 0.4) is 0 Å². The molecule has 5 nitrogen and oxygen atoms in total. The van der Waals surface area contributed by atoms with E-state index >= 15 is 0 Å². The number of halogens is 1. The zero-order valence-corrected chi connectivity index (χ0v) is 13.2. The molecule has 2 rings (SSSR count). The fraction of sp³-hybridized carbons (Fsp3) is 0.286. The number of nitrogens with two attached hydrogens (primary N) is 1. The fourth-order valence-electron chi connectivity index (χ4n) is 1.83.